The Hall–Kier alpha value is -3.36. The Labute approximate surface area is 150 Å². The van der Waals surface area contributed by atoms with Crippen LogP contribution in [0.1, 0.15) is 5.56 Å². The maximum Gasteiger partial charge on any atom is 0.141 e. The number of hydrogen-bond acceptors (Lipinski definition) is 4. The maximum atomic E-state index is 10.5. The molecular weight excluding hydrogens is 326 g/mol. The third kappa shape index (κ3) is 2.99. The molecule has 128 valence electrons. The summed E-state index contributed by atoms with van der Waals surface area (Å²) in [5.74, 6) is 0.727. The molecule has 0 radical (unpaired) electrons. The number of aliphatic hydroxyl groups is 1. The first-order valence-corrected chi connectivity index (χ1v) is 8.39. The quantitative estimate of drug-likeness (QED) is 0.602. The number of rotatable bonds is 5. The van der Waals surface area contributed by atoms with Gasteiger partial charge >= 0.3 is 0 Å². The van der Waals surface area contributed by atoms with Gasteiger partial charge in [0.1, 0.15) is 30.2 Å². The molecule has 0 aliphatic heterocycles. The first-order valence-electron chi connectivity index (χ1n) is 8.39. The van der Waals surface area contributed by atoms with Crippen molar-refractivity contribution in [1.82, 2.24) is 9.55 Å². The number of ether oxygens (including phenoxy) is 1. The van der Waals surface area contributed by atoms with Gasteiger partial charge in [-0.3, -0.25) is 0 Å². The summed E-state index contributed by atoms with van der Waals surface area (Å²) in [7, 11) is 0. The van der Waals surface area contributed by atoms with Gasteiger partial charge in [-0.15, -0.1) is 0 Å². The van der Waals surface area contributed by atoms with Gasteiger partial charge in [-0.2, -0.15) is 5.26 Å². The maximum absolute atomic E-state index is 10.5. The molecule has 0 aliphatic carbocycles. The fraction of sp³-hybridized carbons (Fsp3) is 0.143. The average Bonchev–Trinajstić information content (AvgIpc) is 3.00. The van der Waals surface area contributed by atoms with E-state index in [2.05, 4.69) is 11.1 Å². The lowest BCUT2D eigenvalue weighted by Gasteiger charge is -2.14. The van der Waals surface area contributed by atoms with Crippen molar-refractivity contribution < 1.29 is 9.84 Å². The normalized spacial score (nSPS) is 12.2. The Morgan fingerprint density at radius 1 is 1.08 bits per heavy atom. The molecular formula is C21H17N3O2. The summed E-state index contributed by atoms with van der Waals surface area (Å²) < 4.78 is 7.63. The summed E-state index contributed by atoms with van der Waals surface area (Å²) in [6.07, 6.45) is 0.872. The Balaban J connectivity index is 1.65. The predicted octanol–water partition coefficient (Wildman–Crippen LogP) is 3.50. The van der Waals surface area contributed by atoms with Crippen LogP contribution in [-0.2, 0) is 6.54 Å². The molecule has 4 rings (SSSR count). The third-order valence-corrected chi connectivity index (χ3v) is 4.32. The second-order valence-electron chi connectivity index (χ2n) is 6.11. The lowest BCUT2D eigenvalue weighted by Crippen LogP contribution is -2.23. The van der Waals surface area contributed by atoms with Crippen molar-refractivity contribution in [3.8, 4) is 11.8 Å². The highest BCUT2D eigenvalue weighted by Crippen LogP contribution is 2.28. The second kappa shape index (κ2) is 6.87. The molecule has 2 heterocycles. The molecule has 0 amide bonds. The monoisotopic (exact) mass is 343 g/mol. The largest absolute Gasteiger partial charge is 0.491 e. The molecule has 26 heavy (non-hydrogen) atoms. The molecule has 2 aromatic carbocycles. The van der Waals surface area contributed by atoms with Gasteiger partial charge in [-0.05, 0) is 24.3 Å². The zero-order valence-corrected chi connectivity index (χ0v) is 14.0. The van der Waals surface area contributed by atoms with E-state index in [4.69, 9.17) is 10.00 Å². The number of aromatic nitrogens is 2. The van der Waals surface area contributed by atoms with E-state index in [9.17, 15) is 5.11 Å². The van der Waals surface area contributed by atoms with Crippen LogP contribution < -0.4 is 4.74 Å². The summed E-state index contributed by atoms with van der Waals surface area (Å²) in [6.45, 7) is 0.546. The predicted molar refractivity (Wildman–Crippen MR) is 99.9 cm³/mol. The first kappa shape index (κ1) is 16.1. The highest BCUT2D eigenvalue weighted by atomic mass is 16.5. The minimum atomic E-state index is -0.688. The van der Waals surface area contributed by atoms with E-state index in [1.165, 1.54) is 0 Å². The lowest BCUT2D eigenvalue weighted by atomic mass is 10.1. The lowest BCUT2D eigenvalue weighted by molar-refractivity contribution is 0.0944. The fourth-order valence-electron chi connectivity index (χ4n) is 3.14. The van der Waals surface area contributed by atoms with Crippen molar-refractivity contribution in [3.05, 3.63) is 72.4 Å². The van der Waals surface area contributed by atoms with E-state index in [0.29, 0.717) is 12.1 Å². The minimum Gasteiger partial charge on any atom is -0.491 e. The first-order chi connectivity index (χ1) is 12.8. The number of benzene rings is 2. The van der Waals surface area contributed by atoms with Crippen LogP contribution in [0.25, 0.3) is 21.9 Å². The van der Waals surface area contributed by atoms with Crippen molar-refractivity contribution in [2.45, 2.75) is 12.6 Å². The molecule has 2 aromatic heterocycles. The topological polar surface area (TPSA) is 71.1 Å². The van der Waals surface area contributed by atoms with E-state index in [-0.39, 0.29) is 6.61 Å². The second-order valence-corrected chi connectivity index (χ2v) is 6.11. The number of fused-ring (bicyclic) bond motifs is 3. The molecule has 1 atom stereocenters. The van der Waals surface area contributed by atoms with Crippen molar-refractivity contribution >= 4 is 21.9 Å². The van der Waals surface area contributed by atoms with E-state index in [1.807, 2.05) is 65.2 Å². The number of nitriles is 1. The van der Waals surface area contributed by atoms with Gasteiger partial charge in [0.25, 0.3) is 0 Å². The van der Waals surface area contributed by atoms with E-state index in [1.54, 1.807) is 6.20 Å². The molecule has 5 nitrogen and oxygen atoms in total. The minimum absolute atomic E-state index is 0.189. The van der Waals surface area contributed by atoms with Crippen LogP contribution in [-0.4, -0.2) is 27.4 Å². The Kier molecular flexibility index (Phi) is 4.26. The van der Waals surface area contributed by atoms with Crippen molar-refractivity contribution in [1.29, 1.82) is 5.26 Å². The van der Waals surface area contributed by atoms with Crippen molar-refractivity contribution in [3.63, 3.8) is 0 Å². The molecule has 0 bridgehead atoms. The van der Waals surface area contributed by atoms with Gasteiger partial charge < -0.3 is 14.4 Å². The molecule has 0 aliphatic rings. The van der Waals surface area contributed by atoms with Gasteiger partial charge in [0.05, 0.1) is 17.6 Å². The number of pyridine rings is 1. The van der Waals surface area contributed by atoms with E-state index >= 15 is 0 Å². The highest BCUT2D eigenvalue weighted by molar-refractivity contribution is 6.06. The molecule has 1 unspecified atom stereocenters. The van der Waals surface area contributed by atoms with E-state index < -0.39 is 6.10 Å². The van der Waals surface area contributed by atoms with Crippen LogP contribution in [0.2, 0.25) is 0 Å². The SMILES string of the molecule is N#Cc1cnc2c(c1)c1ccccc1n2CC(O)COc1ccccc1. The number of aliphatic hydroxyl groups excluding tert-OH is 1. The number of hydrogen-bond donors (Lipinski definition) is 1. The van der Waals surface area contributed by atoms with Gasteiger partial charge in [0.2, 0.25) is 0 Å². The van der Waals surface area contributed by atoms with Crippen LogP contribution in [0, 0.1) is 11.3 Å². The molecule has 0 saturated carbocycles. The van der Waals surface area contributed by atoms with Crippen LogP contribution in [0.4, 0.5) is 0 Å². The third-order valence-electron chi connectivity index (χ3n) is 4.32. The van der Waals surface area contributed by atoms with Crippen LogP contribution in [0.3, 0.4) is 0 Å². The fourth-order valence-corrected chi connectivity index (χ4v) is 3.14. The standard InChI is InChI=1S/C21H17N3O2/c22-11-15-10-19-18-8-4-5-9-20(18)24(21(19)23-12-15)13-16(25)14-26-17-6-2-1-3-7-17/h1-10,12,16,25H,13-14H2. The summed E-state index contributed by atoms with van der Waals surface area (Å²) in [6, 6.07) is 21.3. The molecule has 4 aromatic rings. The van der Waals surface area contributed by atoms with Crippen molar-refractivity contribution in [2.75, 3.05) is 6.61 Å². The van der Waals surface area contributed by atoms with E-state index in [0.717, 1.165) is 27.7 Å². The van der Waals surface area contributed by atoms with Gasteiger partial charge in [0.15, 0.2) is 0 Å². The zero-order chi connectivity index (χ0) is 17.9. The smallest absolute Gasteiger partial charge is 0.141 e. The highest BCUT2D eigenvalue weighted by Gasteiger charge is 2.15. The summed E-state index contributed by atoms with van der Waals surface area (Å²) >= 11 is 0. The molecule has 0 spiro atoms. The van der Waals surface area contributed by atoms with Crippen LogP contribution in [0.5, 0.6) is 5.75 Å². The van der Waals surface area contributed by atoms with Gasteiger partial charge in [-0.1, -0.05) is 36.4 Å². The van der Waals surface area contributed by atoms with Gasteiger partial charge in [-0.25, -0.2) is 4.98 Å². The number of nitrogens with zero attached hydrogens (tertiary/aromatic N) is 3. The molecule has 0 saturated heterocycles. The van der Waals surface area contributed by atoms with Crippen molar-refractivity contribution in [2.24, 2.45) is 0 Å². The zero-order valence-electron chi connectivity index (χ0n) is 14.0. The molecule has 0 fully saturated rings. The Morgan fingerprint density at radius 2 is 1.85 bits per heavy atom. The summed E-state index contributed by atoms with van der Waals surface area (Å²) in [5, 5.41) is 21.6. The summed E-state index contributed by atoms with van der Waals surface area (Å²) in [5.41, 5.74) is 2.25. The average molecular weight is 343 g/mol. The Morgan fingerprint density at radius 3 is 2.65 bits per heavy atom. The van der Waals surface area contributed by atoms with Crippen LogP contribution >= 0.6 is 0 Å². The summed E-state index contributed by atoms with van der Waals surface area (Å²) in [4.78, 5) is 4.45. The molecule has 5 heteroatoms. The van der Waals surface area contributed by atoms with Gasteiger partial charge in [0, 0.05) is 17.0 Å². The molecule has 1 N–H and O–H groups in total. The number of para-hydroxylation sites is 2. The van der Waals surface area contributed by atoms with Crippen LogP contribution in [0.15, 0.2) is 66.9 Å². The Bertz CT molecular complexity index is 1100.